The maximum absolute atomic E-state index is 11.8. The lowest BCUT2D eigenvalue weighted by molar-refractivity contribution is -0.117. The molecule has 9 heteroatoms. The van der Waals surface area contributed by atoms with Crippen molar-refractivity contribution in [2.24, 2.45) is 5.92 Å². The number of nitrogens with one attached hydrogen (secondary N) is 4. The van der Waals surface area contributed by atoms with Gasteiger partial charge in [0.1, 0.15) is 11.5 Å². The normalized spacial score (nSPS) is 11.7. The molecule has 0 atom stereocenters. The van der Waals surface area contributed by atoms with Crippen molar-refractivity contribution < 1.29 is 19.1 Å². The molecule has 1 fully saturated rings. The summed E-state index contributed by atoms with van der Waals surface area (Å²) < 4.78 is 10.4. The number of fused-ring (bicyclic) bond motifs is 1. The zero-order valence-electron chi connectivity index (χ0n) is 22.4. The molecule has 0 bridgehead atoms. The summed E-state index contributed by atoms with van der Waals surface area (Å²) in [5.74, 6) is 2.35. The molecular formula is C29H35N5O4. The predicted octanol–water partition coefficient (Wildman–Crippen LogP) is 5.74. The Labute approximate surface area is 222 Å². The van der Waals surface area contributed by atoms with Crippen LogP contribution in [0.4, 0.5) is 17.2 Å². The van der Waals surface area contributed by atoms with Crippen LogP contribution in [0.3, 0.4) is 0 Å². The molecule has 0 radical (unpaired) electrons. The van der Waals surface area contributed by atoms with Crippen molar-refractivity contribution in [1.82, 2.24) is 15.5 Å². The number of methoxy groups -OCH3 is 2. The van der Waals surface area contributed by atoms with Crippen LogP contribution in [0.1, 0.15) is 37.0 Å². The highest BCUT2D eigenvalue weighted by atomic mass is 16.5. The fraction of sp³-hybridized carbons (Fsp3) is 0.276. The number of H-pyrrole nitrogens is 1. The number of aromatic amines is 1. The van der Waals surface area contributed by atoms with Crippen molar-refractivity contribution in [3.8, 4) is 11.5 Å². The number of benzene rings is 3. The van der Waals surface area contributed by atoms with Gasteiger partial charge in [-0.2, -0.15) is 5.10 Å². The first-order valence-electron chi connectivity index (χ1n) is 12.6. The summed E-state index contributed by atoms with van der Waals surface area (Å²) in [7, 11) is 4.81. The molecule has 1 aliphatic carbocycles. The van der Waals surface area contributed by atoms with Gasteiger partial charge in [-0.15, -0.1) is 0 Å². The maximum atomic E-state index is 11.8. The van der Waals surface area contributed by atoms with E-state index in [1.165, 1.54) is 0 Å². The van der Waals surface area contributed by atoms with Crippen LogP contribution < -0.4 is 25.4 Å². The molecule has 4 aromatic rings. The number of amides is 2. The topological polar surface area (TPSA) is 117 Å². The van der Waals surface area contributed by atoms with Crippen LogP contribution in [0.2, 0.25) is 0 Å². The number of hydrogen-bond acceptors (Lipinski definition) is 6. The monoisotopic (exact) mass is 517 g/mol. The molecule has 0 aliphatic heterocycles. The zero-order valence-corrected chi connectivity index (χ0v) is 22.4. The Hall–Kier alpha value is -4.53. The van der Waals surface area contributed by atoms with E-state index in [-0.39, 0.29) is 17.7 Å². The summed E-state index contributed by atoms with van der Waals surface area (Å²) in [4.78, 5) is 23.2. The lowest BCUT2D eigenvalue weighted by Gasteiger charge is -2.11. The number of ether oxygens (including phenoxy) is 2. The number of anilines is 3. The highest BCUT2D eigenvalue weighted by molar-refractivity contribution is 5.97. The van der Waals surface area contributed by atoms with Gasteiger partial charge in [-0.3, -0.25) is 14.7 Å². The maximum Gasteiger partial charge on any atom is 0.251 e. The lowest BCUT2D eigenvalue weighted by atomic mass is 10.1. The van der Waals surface area contributed by atoms with Gasteiger partial charge in [-0.05, 0) is 67.4 Å². The number of carbonyl (C=O) groups excluding carboxylic acids is 2. The minimum atomic E-state index is -0.155. The molecule has 5 rings (SSSR count). The molecule has 1 aromatic heterocycles. The fourth-order valence-electron chi connectivity index (χ4n) is 3.54. The van der Waals surface area contributed by atoms with Gasteiger partial charge < -0.3 is 25.4 Å². The van der Waals surface area contributed by atoms with Crippen LogP contribution in [0.5, 0.6) is 11.5 Å². The van der Waals surface area contributed by atoms with Gasteiger partial charge in [0.2, 0.25) is 5.91 Å². The average molecular weight is 518 g/mol. The molecule has 1 aliphatic rings. The van der Waals surface area contributed by atoms with E-state index in [2.05, 4.69) is 26.1 Å². The van der Waals surface area contributed by atoms with Crippen LogP contribution in [0.25, 0.3) is 10.9 Å². The Morgan fingerprint density at radius 3 is 2.29 bits per heavy atom. The highest BCUT2D eigenvalue weighted by Gasteiger charge is 2.29. The molecule has 2 amide bonds. The molecule has 9 nitrogen and oxygen atoms in total. The third-order valence-corrected chi connectivity index (χ3v) is 5.72. The van der Waals surface area contributed by atoms with Crippen LogP contribution in [0.15, 0.2) is 66.7 Å². The van der Waals surface area contributed by atoms with Gasteiger partial charge in [0.05, 0.1) is 25.4 Å². The molecule has 4 N–H and O–H groups in total. The Morgan fingerprint density at radius 1 is 0.947 bits per heavy atom. The third kappa shape index (κ3) is 7.25. The van der Waals surface area contributed by atoms with Gasteiger partial charge >= 0.3 is 0 Å². The van der Waals surface area contributed by atoms with E-state index in [1.54, 1.807) is 39.5 Å². The summed E-state index contributed by atoms with van der Waals surface area (Å²) in [5, 5.41) is 16.9. The molecule has 1 heterocycles. The number of hydrogen-bond donors (Lipinski definition) is 4. The summed E-state index contributed by atoms with van der Waals surface area (Å²) in [5.41, 5.74) is 3.00. The van der Waals surface area contributed by atoms with Crippen molar-refractivity contribution in [2.75, 3.05) is 31.9 Å². The fourth-order valence-corrected chi connectivity index (χ4v) is 3.54. The van der Waals surface area contributed by atoms with E-state index >= 15 is 0 Å². The Morgan fingerprint density at radius 2 is 1.66 bits per heavy atom. The quantitative estimate of drug-likeness (QED) is 0.248. The van der Waals surface area contributed by atoms with Crippen LogP contribution in [-0.2, 0) is 4.79 Å². The van der Waals surface area contributed by atoms with Crippen LogP contribution >= 0.6 is 0 Å². The van der Waals surface area contributed by atoms with Crippen molar-refractivity contribution in [3.63, 3.8) is 0 Å². The van der Waals surface area contributed by atoms with Gasteiger partial charge in [0.25, 0.3) is 5.91 Å². The Kier molecular flexibility index (Phi) is 10.1. The molecule has 0 unspecified atom stereocenters. The number of carbonyl (C=O) groups is 2. The summed E-state index contributed by atoms with van der Waals surface area (Å²) in [6.07, 6.45) is 2.06. The predicted molar refractivity (Wildman–Crippen MR) is 151 cm³/mol. The second-order valence-corrected chi connectivity index (χ2v) is 8.23. The molecule has 0 spiro atoms. The lowest BCUT2D eigenvalue weighted by Crippen LogP contribution is -2.17. The summed E-state index contributed by atoms with van der Waals surface area (Å²) >= 11 is 0. The minimum Gasteiger partial charge on any atom is -0.497 e. The van der Waals surface area contributed by atoms with E-state index in [1.807, 2.05) is 62.4 Å². The highest BCUT2D eigenvalue weighted by Crippen LogP contribution is 2.31. The number of para-hydroxylation sites is 1. The van der Waals surface area contributed by atoms with E-state index in [0.717, 1.165) is 35.2 Å². The van der Waals surface area contributed by atoms with Gasteiger partial charge in [0, 0.05) is 29.6 Å². The zero-order chi connectivity index (χ0) is 27.5. The molecular weight excluding hydrogens is 482 g/mol. The van der Waals surface area contributed by atoms with Crippen molar-refractivity contribution in [2.45, 2.75) is 26.7 Å². The molecule has 200 valence electrons. The molecule has 1 saturated carbocycles. The first kappa shape index (κ1) is 28.0. The van der Waals surface area contributed by atoms with E-state index in [4.69, 9.17) is 9.47 Å². The Bertz CT molecular complexity index is 1350. The first-order valence-corrected chi connectivity index (χ1v) is 12.6. The van der Waals surface area contributed by atoms with Crippen molar-refractivity contribution >= 4 is 39.9 Å². The summed E-state index contributed by atoms with van der Waals surface area (Å²) in [6, 6.07) is 20.4. The second kappa shape index (κ2) is 13.7. The van der Waals surface area contributed by atoms with E-state index in [0.29, 0.717) is 22.8 Å². The third-order valence-electron chi connectivity index (χ3n) is 5.72. The van der Waals surface area contributed by atoms with Gasteiger partial charge in [-0.1, -0.05) is 26.0 Å². The van der Waals surface area contributed by atoms with E-state index in [9.17, 15) is 9.59 Å². The average Bonchev–Trinajstić information content (AvgIpc) is 3.76. The largest absolute Gasteiger partial charge is 0.497 e. The van der Waals surface area contributed by atoms with Crippen LogP contribution in [0, 0.1) is 5.92 Å². The number of rotatable bonds is 7. The second-order valence-electron chi connectivity index (χ2n) is 8.23. The van der Waals surface area contributed by atoms with Gasteiger partial charge in [0.15, 0.2) is 5.82 Å². The van der Waals surface area contributed by atoms with Crippen LogP contribution in [-0.4, -0.2) is 43.3 Å². The van der Waals surface area contributed by atoms with Crippen molar-refractivity contribution in [1.29, 1.82) is 0 Å². The standard InChI is InChI=1S/C16H16N4O2.C11H13NO2.C2H6/c1-17-16(21)10-7-8-14(22-2)13(9-10)18-15-11-5-3-4-6-12(11)19-20-15;1-14-10-6-4-9(5-7-10)12-11(13)8-2-3-8;1-2/h3-9H,1-2H3,(H,17,21)(H2,18,19,20);4-8H,2-3H2,1H3,(H,12,13);1-2H3. The Balaban J connectivity index is 0.000000215. The number of nitrogens with zero attached hydrogens (tertiary/aromatic N) is 1. The molecule has 3 aromatic carbocycles. The van der Waals surface area contributed by atoms with Crippen molar-refractivity contribution in [3.05, 3.63) is 72.3 Å². The van der Waals surface area contributed by atoms with E-state index < -0.39 is 0 Å². The first-order chi connectivity index (χ1) is 18.5. The molecule has 38 heavy (non-hydrogen) atoms. The summed E-state index contributed by atoms with van der Waals surface area (Å²) in [6.45, 7) is 4.00. The smallest absolute Gasteiger partial charge is 0.251 e. The SMILES string of the molecule is CC.CNC(=O)c1ccc(OC)c(Nc2n[nH]c3ccccc23)c1.COc1ccc(NC(=O)C2CC2)cc1. The minimum absolute atomic E-state index is 0.134. The van der Waals surface area contributed by atoms with Gasteiger partial charge in [-0.25, -0.2) is 0 Å². The molecule has 0 saturated heterocycles. The number of aromatic nitrogens is 2.